The zero-order valence-corrected chi connectivity index (χ0v) is 38.9. The third kappa shape index (κ3) is 14.0. The second kappa shape index (κ2) is 22.2. The van der Waals surface area contributed by atoms with Gasteiger partial charge < -0.3 is 46.5 Å². The number of aromatic nitrogens is 1. The van der Waals surface area contributed by atoms with Crippen LogP contribution in [0.1, 0.15) is 84.5 Å². The van der Waals surface area contributed by atoms with Gasteiger partial charge in [0.15, 0.2) is 0 Å². The summed E-state index contributed by atoms with van der Waals surface area (Å²) in [4.78, 5) is 96.2. The average Bonchev–Trinajstić information content (AvgIpc) is 3.61. The topological polar surface area (TPSA) is 225 Å². The maximum absolute atomic E-state index is 14.3. The van der Waals surface area contributed by atoms with Gasteiger partial charge in [-0.05, 0) is 60.5 Å². The first-order valence-corrected chi connectivity index (χ1v) is 21.9. The van der Waals surface area contributed by atoms with E-state index in [9.17, 15) is 38.7 Å². The summed E-state index contributed by atoms with van der Waals surface area (Å²) in [5.41, 5.74) is 9.65. The lowest BCUT2D eigenvalue weighted by atomic mass is 9.82. The molecule has 7 amide bonds. The van der Waals surface area contributed by atoms with Gasteiger partial charge in [0.2, 0.25) is 41.4 Å². The molecule has 0 radical (unpaired) electrons. The Morgan fingerprint density at radius 2 is 1.60 bits per heavy atom. The summed E-state index contributed by atoms with van der Waals surface area (Å²) in [6.07, 6.45) is 1.69. The van der Waals surface area contributed by atoms with Crippen LogP contribution in [-0.2, 0) is 40.1 Å². The highest BCUT2D eigenvalue weighted by Gasteiger charge is 2.39. The number of nitrogens with one attached hydrogen (secondary N) is 4. The minimum Gasteiger partial charge on any atom is -0.387 e. The molecule has 1 aliphatic rings. The fraction of sp³-hybridized carbons (Fsp3) is 0.489. The van der Waals surface area contributed by atoms with Gasteiger partial charge in [0.1, 0.15) is 32.6 Å². The van der Waals surface area contributed by atoms with Crippen LogP contribution in [0.4, 0.5) is 0 Å². The lowest BCUT2D eigenvalue weighted by Gasteiger charge is -2.41. The number of rotatable bonds is 11. The van der Waals surface area contributed by atoms with Crippen molar-refractivity contribution < 1.29 is 38.7 Å². The lowest BCUT2D eigenvalue weighted by molar-refractivity contribution is -0.140. The molecule has 2 heterocycles. The molecule has 0 bridgehead atoms. The molecule has 4 rings (SSSR count). The number of benzene rings is 2. The minimum atomic E-state index is -1.53. The van der Waals surface area contributed by atoms with E-state index in [-0.39, 0.29) is 31.2 Å². The van der Waals surface area contributed by atoms with Crippen molar-refractivity contribution >= 4 is 69.2 Å². The maximum atomic E-state index is 14.3. The predicted octanol–water partition coefficient (Wildman–Crippen LogP) is 0.00310. The van der Waals surface area contributed by atoms with Crippen molar-refractivity contribution in [3.8, 4) is 11.1 Å². The van der Waals surface area contributed by atoms with Crippen LogP contribution < -0.4 is 37.8 Å². The van der Waals surface area contributed by atoms with Gasteiger partial charge in [0, 0.05) is 50.1 Å². The monoisotopic (exact) mass is 886 g/mol. The largest absolute Gasteiger partial charge is 0.387 e. The van der Waals surface area contributed by atoms with Crippen LogP contribution in [0.2, 0.25) is 0 Å². The van der Waals surface area contributed by atoms with Crippen LogP contribution in [0.3, 0.4) is 0 Å². The number of hydrogen-bond acceptors (Lipinski definition) is 8. The van der Waals surface area contributed by atoms with Crippen molar-refractivity contribution in [2.45, 2.75) is 104 Å². The highest BCUT2D eigenvalue weighted by atomic mass is 31.0. The van der Waals surface area contributed by atoms with Crippen molar-refractivity contribution in [2.24, 2.45) is 17.1 Å². The molecule has 7 N–H and O–H groups in total. The van der Waals surface area contributed by atoms with Crippen molar-refractivity contribution in [2.75, 3.05) is 26.7 Å². The molecule has 63 heavy (non-hydrogen) atoms. The van der Waals surface area contributed by atoms with Gasteiger partial charge >= 0.3 is 0 Å². The highest BCUT2D eigenvalue weighted by Crippen LogP contribution is 2.41. The first-order valence-electron chi connectivity index (χ1n) is 21.3. The SMILES string of the molecule is Bc1ccc(P)c(-c2cc(C(N(CCC3NC(=O)C(CC(N)=O)NC(=O)CN(C)C(=O)[C@H](C)NC(=O)CCC(C)C(C)NC3=O)C(=O)CO)C(C)(C)C)n(Cc3ccccc3)c2)c1. The number of primary amides is 1. The van der Waals surface area contributed by atoms with E-state index in [0.717, 1.165) is 38.1 Å². The second-order valence-electron chi connectivity index (χ2n) is 17.8. The number of amides is 7. The van der Waals surface area contributed by atoms with E-state index in [0.29, 0.717) is 13.0 Å². The van der Waals surface area contributed by atoms with Gasteiger partial charge in [0.05, 0.1) is 19.0 Å². The summed E-state index contributed by atoms with van der Waals surface area (Å²) in [6.45, 7) is 10.1. The normalized spacial score (nSPS) is 21.6. The zero-order chi connectivity index (χ0) is 46.8. The molecular weight excluding hydrogens is 822 g/mol. The average molecular weight is 887 g/mol. The van der Waals surface area contributed by atoms with E-state index in [1.165, 1.54) is 18.9 Å². The quantitative estimate of drug-likeness (QED) is 0.113. The molecule has 1 fully saturated rings. The molecule has 1 saturated heterocycles. The minimum absolute atomic E-state index is 0.0561. The number of carbonyl (C=O) groups excluding carboxylic acids is 7. The molecule has 6 unspecified atom stereocenters. The molecule has 3 aromatic rings. The number of nitrogens with two attached hydrogens (primary N) is 1. The molecular formula is C45H64BN8O8P. The van der Waals surface area contributed by atoms with Crippen molar-refractivity contribution in [3.63, 3.8) is 0 Å². The summed E-state index contributed by atoms with van der Waals surface area (Å²) in [7, 11) is 6.17. The van der Waals surface area contributed by atoms with Crippen LogP contribution in [0, 0.1) is 11.3 Å². The zero-order valence-electron chi connectivity index (χ0n) is 37.7. The van der Waals surface area contributed by atoms with E-state index in [1.807, 2.05) is 78.0 Å². The highest BCUT2D eigenvalue weighted by molar-refractivity contribution is 7.28. The fourth-order valence-electron chi connectivity index (χ4n) is 7.84. The third-order valence-corrected chi connectivity index (χ3v) is 11.9. The number of likely N-dealkylation sites (N-methyl/N-ethyl adjacent to an activating group) is 1. The van der Waals surface area contributed by atoms with Gasteiger partial charge in [-0.1, -0.05) is 81.7 Å². The standard InChI is InChI=1S/C45H64BN8O8P/c1-26-13-16-38(57)48-28(3)44(62)52(7)24-39(58)50-34(21-37(47)56)43(61)51-33(42(60)49-27(26)2)17-18-54(40(59)25-55)41(45(4,5)6)35-19-30(32-20-31(46)14-15-36(32)63)23-53(35)22-29-11-9-8-10-12-29/h8-12,14-15,19-20,23,26-28,33-34,41,55H,13,16-18,21-22,24-25,46,63H2,1-7H3,(H2,47,56)(H,48,57)(H,49,60)(H,50,58)(H,51,61)/t26?,27?,28-,33?,34?,41?/m0/s1. The van der Waals surface area contributed by atoms with Crippen LogP contribution in [0.5, 0.6) is 0 Å². The lowest BCUT2D eigenvalue weighted by Crippen LogP contribution is -2.58. The van der Waals surface area contributed by atoms with E-state index in [4.69, 9.17) is 5.73 Å². The van der Waals surface area contributed by atoms with E-state index in [2.05, 4.69) is 53.4 Å². The summed E-state index contributed by atoms with van der Waals surface area (Å²) in [5, 5.41) is 22.2. The van der Waals surface area contributed by atoms with Gasteiger partial charge in [0.25, 0.3) is 0 Å². The van der Waals surface area contributed by atoms with Gasteiger partial charge in [-0.3, -0.25) is 33.6 Å². The van der Waals surface area contributed by atoms with Crippen molar-refractivity contribution in [3.05, 3.63) is 72.1 Å². The molecule has 340 valence electrons. The Morgan fingerprint density at radius 3 is 2.24 bits per heavy atom. The molecule has 1 aromatic heterocycles. The molecule has 0 aliphatic carbocycles. The summed E-state index contributed by atoms with van der Waals surface area (Å²) < 4.78 is 2.10. The first-order chi connectivity index (χ1) is 29.6. The number of nitrogens with zero attached hydrogens (tertiary/aromatic N) is 3. The summed E-state index contributed by atoms with van der Waals surface area (Å²) in [5.74, 6) is -4.97. The Kier molecular flexibility index (Phi) is 17.7. The third-order valence-electron chi connectivity index (χ3n) is 11.4. The van der Waals surface area contributed by atoms with E-state index >= 15 is 0 Å². The van der Waals surface area contributed by atoms with Crippen LogP contribution in [0.15, 0.2) is 60.8 Å². The molecule has 18 heteroatoms. The predicted molar refractivity (Wildman–Crippen MR) is 247 cm³/mol. The molecule has 7 atom stereocenters. The Morgan fingerprint density at radius 1 is 0.937 bits per heavy atom. The Hall–Kier alpha value is -5.54. The number of carbonyl (C=O) groups is 7. The Labute approximate surface area is 373 Å². The maximum Gasteiger partial charge on any atom is 0.248 e. The molecule has 0 saturated carbocycles. The smallest absolute Gasteiger partial charge is 0.248 e. The van der Waals surface area contributed by atoms with E-state index in [1.54, 1.807) is 6.92 Å². The van der Waals surface area contributed by atoms with E-state index < -0.39 is 90.6 Å². The van der Waals surface area contributed by atoms with Crippen LogP contribution in [-0.4, -0.2) is 120 Å². The summed E-state index contributed by atoms with van der Waals surface area (Å²) in [6, 6.07) is 13.1. The van der Waals surface area contributed by atoms with Crippen molar-refractivity contribution in [1.29, 1.82) is 0 Å². The van der Waals surface area contributed by atoms with Crippen LogP contribution >= 0.6 is 9.24 Å². The molecule has 2 aromatic carbocycles. The number of aliphatic hydroxyl groups is 1. The molecule has 1 aliphatic heterocycles. The first kappa shape index (κ1) is 50.1. The molecule has 0 spiro atoms. The fourth-order valence-corrected chi connectivity index (χ4v) is 8.18. The van der Waals surface area contributed by atoms with Crippen LogP contribution in [0.25, 0.3) is 11.1 Å². The van der Waals surface area contributed by atoms with Gasteiger partial charge in [-0.2, -0.15) is 0 Å². The van der Waals surface area contributed by atoms with Gasteiger partial charge in [-0.25, -0.2) is 0 Å². The molecule has 16 nitrogen and oxygen atoms in total. The Bertz CT molecular complexity index is 2140. The Balaban J connectivity index is 1.78. The number of aliphatic hydroxyl groups excluding tert-OH is 1. The van der Waals surface area contributed by atoms with Crippen molar-refractivity contribution in [1.82, 2.24) is 35.6 Å². The second-order valence-corrected chi connectivity index (χ2v) is 18.4. The number of hydrogen-bond donors (Lipinski definition) is 6. The summed E-state index contributed by atoms with van der Waals surface area (Å²) >= 11 is 0. The van der Waals surface area contributed by atoms with Gasteiger partial charge in [-0.15, -0.1) is 9.24 Å².